The van der Waals surface area contributed by atoms with E-state index in [1.165, 1.54) is 6.07 Å². The summed E-state index contributed by atoms with van der Waals surface area (Å²) in [5.74, 6) is 0.572. The number of amides is 1. The Morgan fingerprint density at radius 2 is 2.05 bits per heavy atom. The van der Waals surface area contributed by atoms with Gasteiger partial charge in [-0.1, -0.05) is 13.8 Å². The van der Waals surface area contributed by atoms with Gasteiger partial charge < -0.3 is 9.84 Å². The second kappa shape index (κ2) is 4.91. The molecule has 2 rings (SSSR count). The first-order chi connectivity index (χ1) is 8.90. The zero-order valence-electron chi connectivity index (χ0n) is 11.6. The molecule has 5 nitrogen and oxygen atoms in total. The molecule has 0 aliphatic heterocycles. The molecule has 2 aromatic rings. The summed E-state index contributed by atoms with van der Waals surface area (Å²) in [6.45, 7) is 7.50. The number of nitrogens with zero attached hydrogens (tertiary/aromatic N) is 1. The van der Waals surface area contributed by atoms with Gasteiger partial charge in [0.2, 0.25) is 5.91 Å². The summed E-state index contributed by atoms with van der Waals surface area (Å²) in [6, 6.07) is 3.34. The Bertz CT molecular complexity index is 680. The van der Waals surface area contributed by atoms with Crippen LogP contribution in [0.2, 0.25) is 0 Å². The molecule has 0 saturated heterocycles. The van der Waals surface area contributed by atoms with E-state index < -0.39 is 0 Å². The van der Waals surface area contributed by atoms with E-state index in [2.05, 4.69) is 5.32 Å². The summed E-state index contributed by atoms with van der Waals surface area (Å²) in [5, 5.41) is 2.76. The van der Waals surface area contributed by atoms with Crippen LogP contribution in [-0.2, 0) is 11.3 Å². The van der Waals surface area contributed by atoms with Gasteiger partial charge in [-0.05, 0) is 13.8 Å². The number of rotatable bonds is 3. The summed E-state index contributed by atoms with van der Waals surface area (Å²) < 4.78 is 7.13. The molecule has 0 atom stereocenters. The van der Waals surface area contributed by atoms with E-state index in [1.807, 2.05) is 33.8 Å². The molecular weight excluding hydrogens is 244 g/mol. The van der Waals surface area contributed by atoms with Crippen LogP contribution in [0.1, 0.15) is 30.9 Å². The number of aromatic nitrogens is 1. The van der Waals surface area contributed by atoms with E-state index in [1.54, 1.807) is 4.57 Å². The van der Waals surface area contributed by atoms with Crippen LogP contribution in [-0.4, -0.2) is 10.5 Å². The second-order valence-electron chi connectivity index (χ2n) is 5.01. The SMILES string of the molecule is Cc1cc2cc(=O)c(CNC(=O)C(C)C)c(C)n2o1. The fourth-order valence-electron chi connectivity index (χ4n) is 1.97. The number of hydrogen-bond donors (Lipinski definition) is 1. The number of aryl methyl sites for hydroxylation is 2. The van der Waals surface area contributed by atoms with Gasteiger partial charge in [-0.2, -0.15) is 4.57 Å². The van der Waals surface area contributed by atoms with E-state index in [0.717, 1.165) is 17.0 Å². The molecular formula is C14H18N2O3. The predicted molar refractivity (Wildman–Crippen MR) is 72.1 cm³/mol. The van der Waals surface area contributed by atoms with E-state index in [4.69, 9.17) is 4.52 Å². The van der Waals surface area contributed by atoms with Crippen molar-refractivity contribution in [3.05, 3.63) is 39.4 Å². The lowest BCUT2D eigenvalue weighted by molar-refractivity contribution is -0.124. The normalized spacial score (nSPS) is 11.2. The second-order valence-corrected chi connectivity index (χ2v) is 5.01. The van der Waals surface area contributed by atoms with Crippen LogP contribution >= 0.6 is 0 Å². The van der Waals surface area contributed by atoms with Crippen LogP contribution < -0.4 is 10.7 Å². The first-order valence-corrected chi connectivity index (χ1v) is 6.30. The van der Waals surface area contributed by atoms with Crippen molar-refractivity contribution in [3.63, 3.8) is 0 Å². The molecule has 0 fully saturated rings. The molecule has 2 aromatic heterocycles. The maximum atomic E-state index is 12.0. The van der Waals surface area contributed by atoms with Crippen molar-refractivity contribution < 1.29 is 9.32 Å². The first kappa shape index (κ1) is 13.4. The molecule has 2 heterocycles. The van der Waals surface area contributed by atoms with Gasteiger partial charge in [-0.15, -0.1) is 0 Å². The van der Waals surface area contributed by atoms with Gasteiger partial charge in [0.25, 0.3) is 0 Å². The molecule has 0 aromatic carbocycles. The summed E-state index contributed by atoms with van der Waals surface area (Å²) in [4.78, 5) is 23.6. The van der Waals surface area contributed by atoms with Gasteiger partial charge in [0.1, 0.15) is 5.76 Å². The van der Waals surface area contributed by atoms with E-state index in [9.17, 15) is 9.59 Å². The van der Waals surface area contributed by atoms with Gasteiger partial charge in [0.05, 0.1) is 11.2 Å². The zero-order chi connectivity index (χ0) is 14.2. The third-order valence-corrected chi connectivity index (χ3v) is 3.10. The maximum Gasteiger partial charge on any atom is 0.222 e. The number of nitrogens with one attached hydrogen (secondary N) is 1. The molecule has 0 aliphatic rings. The van der Waals surface area contributed by atoms with Crippen LogP contribution in [0, 0.1) is 19.8 Å². The fraction of sp³-hybridized carbons (Fsp3) is 0.429. The standard InChI is InChI=1S/C14H18N2O3/c1-8(2)14(18)15-7-12-10(4)16-11(6-13(12)17)5-9(3)19-16/h5-6,8H,7H2,1-4H3,(H,15,18). The lowest BCUT2D eigenvalue weighted by Gasteiger charge is -2.09. The van der Waals surface area contributed by atoms with Gasteiger partial charge >= 0.3 is 0 Å². The van der Waals surface area contributed by atoms with Crippen LogP contribution in [0.5, 0.6) is 0 Å². The highest BCUT2D eigenvalue weighted by Gasteiger charge is 2.13. The number of fused-ring (bicyclic) bond motifs is 1. The smallest absolute Gasteiger partial charge is 0.222 e. The zero-order valence-corrected chi connectivity index (χ0v) is 11.6. The Labute approximate surface area is 111 Å². The largest absolute Gasteiger partial charge is 0.380 e. The molecule has 0 unspecified atom stereocenters. The third kappa shape index (κ3) is 2.54. The van der Waals surface area contributed by atoms with Crippen molar-refractivity contribution in [2.24, 2.45) is 5.92 Å². The lowest BCUT2D eigenvalue weighted by Crippen LogP contribution is -2.30. The molecule has 0 bridgehead atoms. The van der Waals surface area contributed by atoms with Crippen molar-refractivity contribution in [2.75, 3.05) is 0 Å². The number of hydrogen-bond acceptors (Lipinski definition) is 3. The lowest BCUT2D eigenvalue weighted by atomic mass is 10.1. The Balaban J connectivity index is 2.38. The van der Waals surface area contributed by atoms with Gasteiger partial charge in [0.15, 0.2) is 5.43 Å². The van der Waals surface area contributed by atoms with Gasteiger partial charge in [-0.3, -0.25) is 9.59 Å². The topological polar surface area (TPSA) is 63.7 Å². The average molecular weight is 262 g/mol. The van der Waals surface area contributed by atoms with Crippen molar-refractivity contribution in [3.8, 4) is 0 Å². The Morgan fingerprint density at radius 1 is 1.37 bits per heavy atom. The van der Waals surface area contributed by atoms with Crippen LogP contribution in [0.15, 0.2) is 21.5 Å². The molecule has 0 spiro atoms. The highest BCUT2D eigenvalue weighted by Crippen LogP contribution is 2.12. The molecule has 0 aliphatic carbocycles. The fourth-order valence-corrected chi connectivity index (χ4v) is 1.97. The summed E-state index contributed by atoms with van der Waals surface area (Å²) >= 11 is 0. The summed E-state index contributed by atoms with van der Waals surface area (Å²) in [6.07, 6.45) is 0. The molecule has 102 valence electrons. The average Bonchev–Trinajstić information content (AvgIpc) is 2.69. The molecule has 5 heteroatoms. The van der Waals surface area contributed by atoms with Crippen molar-refractivity contribution in [1.82, 2.24) is 9.89 Å². The number of pyridine rings is 1. The summed E-state index contributed by atoms with van der Waals surface area (Å²) in [5.41, 5.74) is 1.93. The predicted octanol–water partition coefficient (Wildman–Crippen LogP) is 1.78. The molecule has 19 heavy (non-hydrogen) atoms. The Kier molecular flexibility index (Phi) is 3.46. The van der Waals surface area contributed by atoms with E-state index >= 15 is 0 Å². The van der Waals surface area contributed by atoms with E-state index in [-0.39, 0.29) is 23.8 Å². The molecule has 1 amide bonds. The van der Waals surface area contributed by atoms with Gasteiger partial charge in [-0.25, -0.2) is 0 Å². The quantitative estimate of drug-likeness (QED) is 0.917. The van der Waals surface area contributed by atoms with Crippen LogP contribution in [0.25, 0.3) is 5.52 Å². The number of carbonyl (C=O) groups is 1. The molecule has 0 radical (unpaired) electrons. The minimum atomic E-state index is -0.0994. The van der Waals surface area contributed by atoms with Crippen LogP contribution in [0.4, 0.5) is 0 Å². The first-order valence-electron chi connectivity index (χ1n) is 6.30. The van der Waals surface area contributed by atoms with E-state index in [0.29, 0.717) is 5.56 Å². The third-order valence-electron chi connectivity index (χ3n) is 3.10. The number of carbonyl (C=O) groups excluding carboxylic acids is 1. The summed E-state index contributed by atoms with van der Waals surface area (Å²) in [7, 11) is 0. The van der Waals surface area contributed by atoms with Crippen molar-refractivity contribution in [1.29, 1.82) is 0 Å². The molecule has 1 N–H and O–H groups in total. The van der Waals surface area contributed by atoms with Crippen LogP contribution in [0.3, 0.4) is 0 Å². The minimum Gasteiger partial charge on any atom is -0.380 e. The Morgan fingerprint density at radius 3 is 2.68 bits per heavy atom. The van der Waals surface area contributed by atoms with Crippen molar-refractivity contribution in [2.45, 2.75) is 34.2 Å². The minimum absolute atomic E-state index is 0.0699. The Hall–Kier alpha value is -2.04. The highest BCUT2D eigenvalue weighted by atomic mass is 16.5. The maximum absolute atomic E-state index is 12.0. The highest BCUT2D eigenvalue weighted by molar-refractivity contribution is 5.77. The van der Waals surface area contributed by atoms with Gasteiger partial charge in [0, 0.05) is 30.2 Å². The van der Waals surface area contributed by atoms with Crippen molar-refractivity contribution >= 4 is 11.4 Å². The monoisotopic (exact) mass is 262 g/mol. The molecule has 0 saturated carbocycles.